The number of hydrogen-bond donors (Lipinski definition) is 1. The summed E-state index contributed by atoms with van der Waals surface area (Å²) < 4.78 is 29.8. The van der Waals surface area contributed by atoms with Gasteiger partial charge in [-0.3, -0.25) is 14.2 Å². The Labute approximate surface area is 161 Å². The zero-order chi connectivity index (χ0) is 17.3. The van der Waals surface area contributed by atoms with Gasteiger partial charge in [-0.2, -0.15) is 4.98 Å². The molecule has 1 aromatic rings. The summed E-state index contributed by atoms with van der Waals surface area (Å²) in [5, 5.41) is 0. The molecule has 0 saturated carbocycles. The molecule has 9 nitrogen and oxygen atoms in total. The summed E-state index contributed by atoms with van der Waals surface area (Å²) in [4.78, 5) is 37.7. The van der Waals surface area contributed by atoms with Crippen molar-refractivity contribution in [3.8, 4) is 0 Å². The molecule has 0 bridgehead atoms. The number of carbonyl (C=O) groups is 2. The van der Waals surface area contributed by atoms with E-state index in [1.165, 1.54) is 0 Å². The molecule has 0 amide bonds. The van der Waals surface area contributed by atoms with Crippen LogP contribution in [-0.4, -0.2) is 39.8 Å². The summed E-state index contributed by atoms with van der Waals surface area (Å²) in [6, 6.07) is 0. The first-order valence-corrected chi connectivity index (χ1v) is 6.58. The van der Waals surface area contributed by atoms with E-state index in [0.29, 0.717) is 0 Å². The third-order valence-corrected chi connectivity index (χ3v) is 3.10. The largest absolute Gasteiger partial charge is 0.459 e. The van der Waals surface area contributed by atoms with Crippen molar-refractivity contribution >= 4 is 17.8 Å². The predicted molar refractivity (Wildman–Crippen MR) is 73.2 cm³/mol. The van der Waals surface area contributed by atoms with Gasteiger partial charge in [-0.15, -0.1) is 0 Å². The SMILES string of the molecule is [CH2-]C1OC(n2cc(F)c(N)nc2=O)C(OC(C)=O)C1OC(C)=O.[Y]. The standard InChI is InChI=1S/C13H15FN3O6.Y/c1-5-9(22-6(2)18)10(23-7(3)19)12(21-5)17-4-8(14)11(15)16-13(17)20;/h4-5,9-10,12H,1H2,2-3H3,(H2,15,16,20);/q-1;. The molecule has 2 N–H and O–H groups in total. The van der Waals surface area contributed by atoms with Gasteiger partial charge < -0.3 is 26.9 Å². The maximum Gasteiger partial charge on any atom is 0.351 e. The monoisotopic (exact) mass is 417 g/mol. The zero-order valence-corrected chi connectivity index (χ0v) is 15.8. The number of rotatable bonds is 3. The zero-order valence-electron chi connectivity index (χ0n) is 13.0. The van der Waals surface area contributed by atoms with Gasteiger partial charge in [-0.05, 0) is 6.10 Å². The molecule has 1 aliphatic heterocycles. The van der Waals surface area contributed by atoms with Crippen LogP contribution in [0.5, 0.6) is 0 Å². The van der Waals surface area contributed by atoms with Crippen molar-refractivity contribution < 1.29 is 60.9 Å². The Bertz CT molecular complexity index is 697. The molecule has 24 heavy (non-hydrogen) atoms. The van der Waals surface area contributed by atoms with Crippen molar-refractivity contribution in [1.82, 2.24) is 9.55 Å². The van der Waals surface area contributed by atoms with Crippen LogP contribution in [0, 0.1) is 12.7 Å². The van der Waals surface area contributed by atoms with E-state index in [-0.39, 0.29) is 32.7 Å². The van der Waals surface area contributed by atoms with Gasteiger partial charge in [0.25, 0.3) is 0 Å². The maximum absolute atomic E-state index is 13.6. The number of nitrogen functional groups attached to an aromatic ring is 1. The Hall–Kier alpha value is -1.39. The minimum atomic E-state index is -1.26. The molecule has 11 heteroatoms. The number of nitrogens with two attached hydrogens (primary N) is 1. The second kappa shape index (κ2) is 8.13. The Balaban J connectivity index is 0.00000288. The molecule has 0 aromatic carbocycles. The quantitative estimate of drug-likeness (QED) is 0.519. The number of nitrogens with zero attached hydrogens (tertiary/aromatic N) is 2. The van der Waals surface area contributed by atoms with Gasteiger partial charge in [0, 0.05) is 46.6 Å². The van der Waals surface area contributed by atoms with Crippen LogP contribution in [0.4, 0.5) is 10.2 Å². The average Bonchev–Trinajstić information content (AvgIpc) is 2.70. The van der Waals surface area contributed by atoms with Crippen LogP contribution in [0.15, 0.2) is 11.0 Å². The fourth-order valence-corrected chi connectivity index (χ4v) is 2.22. The Morgan fingerprint density at radius 1 is 1.33 bits per heavy atom. The molecule has 129 valence electrons. The van der Waals surface area contributed by atoms with Crippen LogP contribution in [-0.2, 0) is 56.5 Å². The van der Waals surface area contributed by atoms with E-state index >= 15 is 0 Å². The molecule has 0 aliphatic carbocycles. The first kappa shape index (κ1) is 20.7. The van der Waals surface area contributed by atoms with E-state index in [1.807, 2.05) is 0 Å². The summed E-state index contributed by atoms with van der Waals surface area (Å²) in [5.41, 5.74) is 4.30. The Kier molecular flexibility index (Phi) is 7.00. The van der Waals surface area contributed by atoms with Crippen molar-refractivity contribution in [3.63, 3.8) is 0 Å². The van der Waals surface area contributed by atoms with E-state index in [1.54, 1.807) is 0 Å². The molecule has 1 fully saturated rings. The summed E-state index contributed by atoms with van der Waals surface area (Å²) in [6.07, 6.45) is -3.69. The van der Waals surface area contributed by atoms with Crippen LogP contribution < -0.4 is 11.4 Å². The van der Waals surface area contributed by atoms with Crippen LogP contribution in [0.2, 0.25) is 0 Å². The van der Waals surface area contributed by atoms with Crippen LogP contribution in [0.3, 0.4) is 0 Å². The fourth-order valence-electron chi connectivity index (χ4n) is 2.22. The average molecular weight is 417 g/mol. The molecule has 4 unspecified atom stereocenters. The number of aromatic nitrogens is 2. The Morgan fingerprint density at radius 3 is 2.42 bits per heavy atom. The van der Waals surface area contributed by atoms with Gasteiger partial charge >= 0.3 is 17.6 Å². The molecule has 1 aromatic heterocycles. The summed E-state index contributed by atoms with van der Waals surface area (Å²) in [6.45, 7) is 5.91. The number of hydrogen-bond acceptors (Lipinski definition) is 8. The van der Waals surface area contributed by atoms with E-state index < -0.39 is 53.8 Å². The van der Waals surface area contributed by atoms with Crippen molar-refractivity contribution in [2.45, 2.75) is 38.4 Å². The van der Waals surface area contributed by atoms with Crippen LogP contribution >= 0.6 is 0 Å². The molecular formula is C13H15FN3O6Y-. The third kappa shape index (κ3) is 4.37. The third-order valence-electron chi connectivity index (χ3n) is 3.10. The summed E-state index contributed by atoms with van der Waals surface area (Å²) in [7, 11) is 0. The fraction of sp³-hybridized carbons (Fsp3) is 0.462. The van der Waals surface area contributed by atoms with Crippen LogP contribution in [0.1, 0.15) is 20.1 Å². The molecule has 1 radical (unpaired) electrons. The number of esters is 2. The molecule has 4 atom stereocenters. The van der Waals surface area contributed by atoms with Crippen molar-refractivity contribution in [2.24, 2.45) is 0 Å². The minimum Gasteiger partial charge on any atom is -0.459 e. The molecular weight excluding hydrogens is 402 g/mol. The van der Waals surface area contributed by atoms with E-state index in [4.69, 9.17) is 19.9 Å². The van der Waals surface area contributed by atoms with Gasteiger partial charge in [0.05, 0.1) is 6.20 Å². The smallest absolute Gasteiger partial charge is 0.351 e. The first-order chi connectivity index (χ1) is 10.7. The number of anilines is 1. The first-order valence-electron chi connectivity index (χ1n) is 6.58. The molecule has 2 rings (SSSR count). The number of ether oxygens (including phenoxy) is 3. The second-order valence-electron chi connectivity index (χ2n) is 4.88. The number of halogens is 1. The molecule has 1 saturated heterocycles. The molecule has 2 heterocycles. The van der Waals surface area contributed by atoms with E-state index in [9.17, 15) is 18.8 Å². The van der Waals surface area contributed by atoms with Crippen molar-refractivity contribution in [2.75, 3.05) is 5.73 Å². The summed E-state index contributed by atoms with van der Waals surface area (Å²) >= 11 is 0. The van der Waals surface area contributed by atoms with Gasteiger partial charge in [-0.1, -0.05) is 0 Å². The predicted octanol–water partition coefficient (Wildman–Crippen LogP) is -0.443. The molecule has 0 spiro atoms. The van der Waals surface area contributed by atoms with Crippen LogP contribution in [0.25, 0.3) is 0 Å². The second-order valence-corrected chi connectivity index (χ2v) is 4.88. The normalized spacial score (nSPS) is 25.7. The maximum atomic E-state index is 13.6. The van der Waals surface area contributed by atoms with Crippen molar-refractivity contribution in [1.29, 1.82) is 0 Å². The van der Waals surface area contributed by atoms with Gasteiger partial charge in [0.2, 0.25) is 0 Å². The van der Waals surface area contributed by atoms with Gasteiger partial charge in [0.1, 0.15) is 6.10 Å². The van der Waals surface area contributed by atoms with E-state index in [0.717, 1.165) is 24.6 Å². The topological polar surface area (TPSA) is 123 Å². The summed E-state index contributed by atoms with van der Waals surface area (Å²) in [5.74, 6) is -2.88. The Morgan fingerprint density at radius 2 is 1.88 bits per heavy atom. The molecule has 1 aliphatic rings. The number of carbonyl (C=O) groups excluding carboxylic acids is 2. The van der Waals surface area contributed by atoms with Gasteiger partial charge in [0.15, 0.2) is 24.0 Å². The van der Waals surface area contributed by atoms with E-state index in [2.05, 4.69) is 11.9 Å². The van der Waals surface area contributed by atoms with Gasteiger partial charge in [-0.25, -0.2) is 9.18 Å². The minimum absolute atomic E-state index is 0. The van der Waals surface area contributed by atoms with Crippen molar-refractivity contribution in [3.05, 3.63) is 29.4 Å².